The molecule has 1 atom stereocenters. The van der Waals surface area contributed by atoms with Crippen LogP contribution in [0.25, 0.3) is 0 Å². The first-order chi connectivity index (χ1) is 9.72. The van der Waals surface area contributed by atoms with Crippen molar-refractivity contribution in [3.63, 3.8) is 0 Å². The lowest BCUT2D eigenvalue weighted by Crippen LogP contribution is -2.31. The summed E-state index contributed by atoms with van der Waals surface area (Å²) in [5.41, 5.74) is 5.92. The third-order valence-corrected chi connectivity index (χ3v) is 3.33. The van der Waals surface area contributed by atoms with Crippen LogP contribution in [0.2, 0.25) is 0 Å². The minimum absolute atomic E-state index is 0.201. The van der Waals surface area contributed by atoms with Gasteiger partial charge in [0.1, 0.15) is 5.69 Å². The molecule has 2 aromatic rings. The fourth-order valence-electron chi connectivity index (χ4n) is 2.31. The van der Waals surface area contributed by atoms with E-state index in [1.54, 1.807) is 19.5 Å². The normalized spacial score (nSPS) is 12.4. The number of hydrogen-bond donors (Lipinski definition) is 2. The van der Waals surface area contributed by atoms with Crippen LogP contribution in [0, 0.1) is 6.92 Å². The summed E-state index contributed by atoms with van der Waals surface area (Å²) in [6.45, 7) is 4.96. The third-order valence-electron chi connectivity index (χ3n) is 3.33. The molecule has 0 saturated carbocycles. The number of rotatable bonds is 6. The largest absolute Gasteiger partial charge is 0.493 e. The first kappa shape index (κ1) is 14.5. The number of nitrogens with one attached hydrogen (secondary N) is 1. The van der Waals surface area contributed by atoms with E-state index >= 15 is 0 Å². The monoisotopic (exact) mass is 275 g/mol. The molecule has 2 heterocycles. The lowest BCUT2D eigenvalue weighted by atomic mass is 10.0. The van der Waals surface area contributed by atoms with Crippen molar-refractivity contribution in [2.45, 2.75) is 32.9 Å². The van der Waals surface area contributed by atoms with Crippen molar-refractivity contribution in [3.8, 4) is 5.75 Å². The number of pyridine rings is 1. The smallest absolute Gasteiger partial charge is 0.161 e. The molecule has 0 amide bonds. The molecule has 1 unspecified atom stereocenters. The van der Waals surface area contributed by atoms with Crippen LogP contribution < -0.4 is 16.0 Å². The maximum absolute atomic E-state index is 5.78. The van der Waals surface area contributed by atoms with Crippen LogP contribution in [0.1, 0.15) is 36.2 Å². The van der Waals surface area contributed by atoms with E-state index in [1.807, 2.05) is 23.9 Å². The fraction of sp³-hybridized carbons (Fsp3) is 0.429. The molecule has 2 aromatic heterocycles. The van der Waals surface area contributed by atoms with Crippen LogP contribution in [0.4, 0.5) is 0 Å². The predicted octanol–water partition coefficient (Wildman–Crippen LogP) is 1.56. The third kappa shape index (κ3) is 2.66. The van der Waals surface area contributed by atoms with Crippen LogP contribution in [-0.2, 0) is 6.54 Å². The molecule has 6 nitrogen and oxygen atoms in total. The molecule has 20 heavy (non-hydrogen) atoms. The Labute approximate surface area is 118 Å². The van der Waals surface area contributed by atoms with Gasteiger partial charge in [-0.25, -0.2) is 5.43 Å². The van der Waals surface area contributed by atoms with Gasteiger partial charge in [-0.15, -0.1) is 0 Å². The SMILES string of the molecule is CCCn1ncc(OC)c1C(NN)c1cnccc1C. The van der Waals surface area contributed by atoms with Crippen molar-refractivity contribution >= 4 is 0 Å². The zero-order valence-electron chi connectivity index (χ0n) is 12.1. The number of ether oxygens (including phenoxy) is 1. The Morgan fingerprint density at radius 3 is 2.85 bits per heavy atom. The summed E-state index contributed by atoms with van der Waals surface area (Å²) in [6.07, 6.45) is 6.30. The Morgan fingerprint density at radius 1 is 1.45 bits per heavy atom. The lowest BCUT2D eigenvalue weighted by Gasteiger charge is -2.20. The Balaban J connectivity index is 2.51. The molecule has 0 aliphatic heterocycles. The van der Waals surface area contributed by atoms with Gasteiger partial charge in [0.05, 0.1) is 19.3 Å². The predicted molar refractivity (Wildman–Crippen MR) is 77.2 cm³/mol. The van der Waals surface area contributed by atoms with Crippen LogP contribution in [0.3, 0.4) is 0 Å². The molecule has 0 saturated heterocycles. The van der Waals surface area contributed by atoms with Crippen LogP contribution in [0.5, 0.6) is 5.75 Å². The summed E-state index contributed by atoms with van der Waals surface area (Å²) in [7, 11) is 1.64. The van der Waals surface area contributed by atoms with Crippen molar-refractivity contribution in [2.24, 2.45) is 5.84 Å². The van der Waals surface area contributed by atoms with Crippen molar-refractivity contribution in [2.75, 3.05) is 7.11 Å². The zero-order valence-corrected chi connectivity index (χ0v) is 12.1. The van der Waals surface area contributed by atoms with E-state index in [-0.39, 0.29) is 6.04 Å². The van der Waals surface area contributed by atoms with E-state index in [4.69, 9.17) is 10.6 Å². The van der Waals surface area contributed by atoms with Gasteiger partial charge in [0.25, 0.3) is 0 Å². The molecular weight excluding hydrogens is 254 g/mol. The minimum Gasteiger partial charge on any atom is -0.493 e. The van der Waals surface area contributed by atoms with Crippen LogP contribution >= 0.6 is 0 Å². The second-order valence-corrected chi connectivity index (χ2v) is 4.65. The molecule has 2 rings (SSSR count). The average molecular weight is 275 g/mol. The first-order valence-electron chi connectivity index (χ1n) is 6.69. The van der Waals surface area contributed by atoms with Gasteiger partial charge in [-0.05, 0) is 30.5 Å². The topological polar surface area (TPSA) is 78.0 Å². The van der Waals surface area contributed by atoms with Crippen molar-refractivity contribution in [1.29, 1.82) is 0 Å². The summed E-state index contributed by atoms with van der Waals surface area (Å²) >= 11 is 0. The van der Waals surface area contributed by atoms with Gasteiger partial charge in [0.2, 0.25) is 0 Å². The summed E-state index contributed by atoms with van der Waals surface area (Å²) in [5, 5.41) is 4.38. The first-order valence-corrected chi connectivity index (χ1v) is 6.69. The van der Waals surface area contributed by atoms with Crippen LogP contribution in [-0.4, -0.2) is 21.9 Å². The molecule has 108 valence electrons. The zero-order chi connectivity index (χ0) is 14.5. The van der Waals surface area contributed by atoms with Crippen LogP contribution in [0.15, 0.2) is 24.7 Å². The van der Waals surface area contributed by atoms with E-state index in [0.29, 0.717) is 0 Å². The van der Waals surface area contributed by atoms with E-state index in [9.17, 15) is 0 Å². The number of hydrogen-bond acceptors (Lipinski definition) is 5. The van der Waals surface area contributed by atoms with E-state index in [2.05, 4.69) is 22.4 Å². The molecule has 0 aromatic carbocycles. The highest BCUT2D eigenvalue weighted by molar-refractivity contribution is 5.38. The van der Waals surface area contributed by atoms with E-state index in [0.717, 1.165) is 35.5 Å². The molecule has 3 N–H and O–H groups in total. The summed E-state index contributed by atoms with van der Waals surface area (Å²) in [4.78, 5) is 4.19. The summed E-state index contributed by atoms with van der Waals surface area (Å²) in [6, 6.07) is 1.76. The number of nitrogens with zero attached hydrogens (tertiary/aromatic N) is 3. The Hall–Kier alpha value is -1.92. The molecule has 0 aliphatic rings. The summed E-state index contributed by atoms with van der Waals surface area (Å²) < 4.78 is 7.34. The number of methoxy groups -OCH3 is 1. The summed E-state index contributed by atoms with van der Waals surface area (Å²) in [5.74, 6) is 6.51. The van der Waals surface area contributed by atoms with Gasteiger partial charge in [-0.1, -0.05) is 6.92 Å². The van der Waals surface area contributed by atoms with Crippen molar-refractivity contribution < 1.29 is 4.74 Å². The maximum atomic E-state index is 5.78. The number of nitrogens with two attached hydrogens (primary N) is 1. The quantitative estimate of drug-likeness (QED) is 0.618. The Morgan fingerprint density at radius 2 is 2.25 bits per heavy atom. The Kier molecular flexibility index (Phi) is 4.70. The molecule has 6 heteroatoms. The highest BCUT2D eigenvalue weighted by Gasteiger charge is 2.23. The molecule has 0 aliphatic carbocycles. The van der Waals surface area contributed by atoms with Gasteiger partial charge in [-0.3, -0.25) is 15.5 Å². The molecule has 0 spiro atoms. The number of hydrazine groups is 1. The van der Waals surface area contributed by atoms with Gasteiger partial charge >= 0.3 is 0 Å². The van der Waals surface area contributed by atoms with Gasteiger partial charge in [-0.2, -0.15) is 5.10 Å². The van der Waals surface area contributed by atoms with Gasteiger partial charge in [0.15, 0.2) is 5.75 Å². The van der Waals surface area contributed by atoms with Gasteiger partial charge in [0, 0.05) is 18.9 Å². The van der Waals surface area contributed by atoms with Crippen molar-refractivity contribution in [1.82, 2.24) is 20.2 Å². The second kappa shape index (κ2) is 6.49. The molecule has 0 fully saturated rings. The second-order valence-electron chi connectivity index (χ2n) is 4.65. The fourth-order valence-corrected chi connectivity index (χ4v) is 2.31. The van der Waals surface area contributed by atoms with Gasteiger partial charge < -0.3 is 4.74 Å². The molecule has 0 radical (unpaired) electrons. The number of aryl methyl sites for hydroxylation is 2. The maximum Gasteiger partial charge on any atom is 0.161 e. The highest BCUT2D eigenvalue weighted by atomic mass is 16.5. The average Bonchev–Trinajstić information content (AvgIpc) is 2.85. The van der Waals surface area contributed by atoms with E-state index < -0.39 is 0 Å². The molecule has 0 bridgehead atoms. The molecular formula is C14H21N5O. The van der Waals surface area contributed by atoms with E-state index in [1.165, 1.54) is 0 Å². The Bertz CT molecular complexity index is 566. The number of aromatic nitrogens is 3. The standard InChI is InChI=1S/C14H21N5O/c1-4-7-19-14(12(20-3)9-17-19)13(18-15)11-8-16-6-5-10(11)2/h5-6,8-9,13,18H,4,7,15H2,1-3H3. The van der Waals surface area contributed by atoms with Crippen molar-refractivity contribution in [3.05, 3.63) is 41.5 Å². The lowest BCUT2D eigenvalue weighted by molar-refractivity contribution is 0.398. The minimum atomic E-state index is -0.201. The highest BCUT2D eigenvalue weighted by Crippen LogP contribution is 2.30.